The predicted molar refractivity (Wildman–Crippen MR) is 78.7 cm³/mol. The summed E-state index contributed by atoms with van der Waals surface area (Å²) in [6.07, 6.45) is 1.50. The first-order chi connectivity index (χ1) is 10.5. The van der Waals surface area contributed by atoms with Gasteiger partial charge in [0, 0.05) is 23.9 Å². The number of fused-ring (bicyclic) bond motifs is 1. The van der Waals surface area contributed by atoms with Gasteiger partial charge in [0.1, 0.15) is 17.2 Å². The number of anilines is 1. The summed E-state index contributed by atoms with van der Waals surface area (Å²) in [5.41, 5.74) is 7.24. The van der Waals surface area contributed by atoms with Crippen molar-refractivity contribution in [2.75, 3.05) is 5.73 Å². The Kier molecular flexibility index (Phi) is 2.99. The average molecular weight is 298 g/mol. The normalized spacial score (nSPS) is 10.7. The molecule has 0 aliphatic carbocycles. The van der Waals surface area contributed by atoms with Gasteiger partial charge in [-0.2, -0.15) is 0 Å². The quantitative estimate of drug-likeness (QED) is 0.564. The lowest BCUT2D eigenvalue weighted by Gasteiger charge is -2.00. The Bertz CT molecular complexity index is 916. The van der Waals surface area contributed by atoms with Gasteiger partial charge in [-0.25, -0.2) is 9.78 Å². The van der Waals surface area contributed by atoms with Crippen molar-refractivity contribution in [3.05, 3.63) is 58.3 Å². The molecule has 2 heterocycles. The number of nitro groups is 1. The molecule has 0 atom stereocenters. The van der Waals surface area contributed by atoms with Crippen molar-refractivity contribution in [2.45, 2.75) is 0 Å². The molecule has 3 rings (SSSR count). The maximum Gasteiger partial charge on any atom is 0.335 e. The van der Waals surface area contributed by atoms with Gasteiger partial charge in [0.05, 0.1) is 10.5 Å². The number of aromatic nitrogens is 2. The van der Waals surface area contributed by atoms with Crippen LogP contribution in [-0.4, -0.2) is 25.4 Å². The SMILES string of the molecule is Nc1c(-c2cccc([N+](=O)[O-])c2)nc2cc(C(=O)O)ccn12. The Morgan fingerprint density at radius 1 is 1.32 bits per heavy atom. The number of rotatable bonds is 3. The molecule has 0 spiro atoms. The molecular formula is C14H10N4O4. The minimum Gasteiger partial charge on any atom is -0.478 e. The molecule has 0 amide bonds. The highest BCUT2D eigenvalue weighted by Crippen LogP contribution is 2.29. The Hall–Kier alpha value is -3.42. The number of pyridine rings is 1. The van der Waals surface area contributed by atoms with Crippen molar-refractivity contribution in [3.8, 4) is 11.3 Å². The van der Waals surface area contributed by atoms with E-state index in [2.05, 4.69) is 4.98 Å². The number of nitro benzene ring substituents is 1. The lowest BCUT2D eigenvalue weighted by Crippen LogP contribution is -1.99. The number of nitrogen functional groups attached to an aromatic ring is 1. The number of benzene rings is 1. The number of hydrogen-bond donors (Lipinski definition) is 2. The molecule has 0 saturated heterocycles. The lowest BCUT2D eigenvalue weighted by molar-refractivity contribution is -0.384. The zero-order valence-electron chi connectivity index (χ0n) is 11.1. The zero-order chi connectivity index (χ0) is 15.9. The summed E-state index contributed by atoms with van der Waals surface area (Å²) < 4.78 is 1.53. The smallest absolute Gasteiger partial charge is 0.335 e. The third-order valence-electron chi connectivity index (χ3n) is 3.24. The minimum absolute atomic E-state index is 0.0693. The standard InChI is InChI=1S/C14H10N4O4/c15-13-12(8-2-1-3-10(6-8)18(21)22)16-11-7-9(14(19)20)4-5-17(11)13/h1-7H,15H2,(H,19,20). The molecule has 3 aromatic rings. The monoisotopic (exact) mass is 298 g/mol. The van der Waals surface area contributed by atoms with E-state index in [1.165, 1.54) is 34.9 Å². The van der Waals surface area contributed by atoms with Crippen LogP contribution in [0.4, 0.5) is 11.5 Å². The molecule has 0 aliphatic heterocycles. The molecule has 8 heteroatoms. The highest BCUT2D eigenvalue weighted by molar-refractivity contribution is 5.89. The molecule has 1 aromatic carbocycles. The van der Waals surface area contributed by atoms with Crippen LogP contribution < -0.4 is 5.73 Å². The van der Waals surface area contributed by atoms with E-state index in [-0.39, 0.29) is 17.1 Å². The Labute approximate surface area is 123 Å². The summed E-state index contributed by atoms with van der Waals surface area (Å²) in [5, 5.41) is 19.8. The van der Waals surface area contributed by atoms with E-state index in [0.717, 1.165) is 0 Å². The Morgan fingerprint density at radius 2 is 2.09 bits per heavy atom. The van der Waals surface area contributed by atoms with E-state index >= 15 is 0 Å². The molecular weight excluding hydrogens is 288 g/mol. The maximum absolute atomic E-state index is 11.0. The number of nitrogens with zero attached hydrogens (tertiary/aromatic N) is 3. The molecule has 0 fully saturated rings. The molecule has 2 aromatic heterocycles. The van der Waals surface area contributed by atoms with E-state index in [0.29, 0.717) is 16.9 Å². The van der Waals surface area contributed by atoms with Gasteiger partial charge >= 0.3 is 5.97 Å². The van der Waals surface area contributed by atoms with Crippen molar-refractivity contribution >= 4 is 23.1 Å². The first-order valence-electron chi connectivity index (χ1n) is 6.23. The number of carboxylic acid groups (broad SMARTS) is 1. The Morgan fingerprint density at radius 3 is 2.77 bits per heavy atom. The molecule has 0 bridgehead atoms. The zero-order valence-corrected chi connectivity index (χ0v) is 11.1. The van der Waals surface area contributed by atoms with Gasteiger partial charge in [0.25, 0.3) is 5.69 Å². The van der Waals surface area contributed by atoms with Crippen molar-refractivity contribution in [1.29, 1.82) is 0 Å². The largest absolute Gasteiger partial charge is 0.478 e. The fraction of sp³-hybridized carbons (Fsp3) is 0. The van der Waals surface area contributed by atoms with Crippen LogP contribution in [0.25, 0.3) is 16.9 Å². The van der Waals surface area contributed by atoms with Crippen LogP contribution in [-0.2, 0) is 0 Å². The van der Waals surface area contributed by atoms with Crippen molar-refractivity contribution < 1.29 is 14.8 Å². The van der Waals surface area contributed by atoms with Gasteiger partial charge in [-0.3, -0.25) is 14.5 Å². The van der Waals surface area contributed by atoms with Crippen LogP contribution in [0.1, 0.15) is 10.4 Å². The van der Waals surface area contributed by atoms with Crippen LogP contribution in [0.3, 0.4) is 0 Å². The average Bonchev–Trinajstić information content (AvgIpc) is 2.84. The summed E-state index contributed by atoms with van der Waals surface area (Å²) >= 11 is 0. The number of non-ortho nitro benzene ring substituents is 1. The van der Waals surface area contributed by atoms with Crippen LogP contribution in [0.5, 0.6) is 0 Å². The van der Waals surface area contributed by atoms with E-state index in [4.69, 9.17) is 10.8 Å². The van der Waals surface area contributed by atoms with Crippen LogP contribution in [0.15, 0.2) is 42.6 Å². The molecule has 0 unspecified atom stereocenters. The van der Waals surface area contributed by atoms with Gasteiger partial charge in [-0.15, -0.1) is 0 Å². The van der Waals surface area contributed by atoms with Gasteiger partial charge < -0.3 is 10.8 Å². The van der Waals surface area contributed by atoms with Gasteiger partial charge in [-0.05, 0) is 12.1 Å². The summed E-state index contributed by atoms with van der Waals surface area (Å²) in [4.78, 5) is 25.6. The van der Waals surface area contributed by atoms with Crippen molar-refractivity contribution in [1.82, 2.24) is 9.38 Å². The second-order valence-electron chi connectivity index (χ2n) is 4.60. The lowest BCUT2D eigenvalue weighted by atomic mass is 10.1. The Balaban J connectivity index is 2.19. The minimum atomic E-state index is -1.07. The summed E-state index contributed by atoms with van der Waals surface area (Å²) in [6, 6.07) is 8.74. The first-order valence-corrected chi connectivity index (χ1v) is 6.23. The molecule has 110 valence electrons. The van der Waals surface area contributed by atoms with Crippen molar-refractivity contribution in [2.24, 2.45) is 0 Å². The predicted octanol–water partition coefficient (Wildman–Crippen LogP) is 2.19. The number of carboxylic acids is 1. The van der Waals surface area contributed by atoms with Crippen LogP contribution in [0, 0.1) is 10.1 Å². The second-order valence-corrected chi connectivity index (χ2v) is 4.60. The second kappa shape index (κ2) is 4.85. The van der Waals surface area contributed by atoms with Gasteiger partial charge in [0.2, 0.25) is 0 Å². The fourth-order valence-corrected chi connectivity index (χ4v) is 2.18. The fourth-order valence-electron chi connectivity index (χ4n) is 2.18. The van der Waals surface area contributed by atoms with Gasteiger partial charge in [-0.1, -0.05) is 12.1 Å². The first kappa shape index (κ1) is 13.6. The summed E-state index contributed by atoms with van der Waals surface area (Å²) in [5.74, 6) is -0.784. The van der Waals surface area contributed by atoms with Gasteiger partial charge in [0.15, 0.2) is 0 Å². The van der Waals surface area contributed by atoms with Crippen molar-refractivity contribution in [3.63, 3.8) is 0 Å². The number of aromatic carboxylic acids is 1. The molecule has 0 radical (unpaired) electrons. The summed E-state index contributed by atoms with van der Waals surface area (Å²) in [6.45, 7) is 0. The molecule has 22 heavy (non-hydrogen) atoms. The molecule has 0 saturated carbocycles. The van der Waals surface area contributed by atoms with E-state index in [1.807, 2.05) is 0 Å². The number of carbonyl (C=O) groups is 1. The third kappa shape index (κ3) is 2.12. The maximum atomic E-state index is 11.0. The number of imidazole rings is 1. The van der Waals surface area contributed by atoms with Crippen LogP contribution in [0.2, 0.25) is 0 Å². The third-order valence-corrected chi connectivity index (χ3v) is 3.24. The number of nitrogens with two attached hydrogens (primary N) is 1. The van der Waals surface area contributed by atoms with E-state index in [1.54, 1.807) is 12.1 Å². The molecule has 8 nitrogen and oxygen atoms in total. The molecule has 0 aliphatic rings. The van der Waals surface area contributed by atoms with Crippen LogP contribution >= 0.6 is 0 Å². The highest BCUT2D eigenvalue weighted by atomic mass is 16.6. The van der Waals surface area contributed by atoms with E-state index < -0.39 is 10.9 Å². The molecule has 3 N–H and O–H groups in total. The van der Waals surface area contributed by atoms with E-state index in [9.17, 15) is 14.9 Å². The highest BCUT2D eigenvalue weighted by Gasteiger charge is 2.15. The number of hydrogen-bond acceptors (Lipinski definition) is 5. The topological polar surface area (TPSA) is 124 Å². The summed E-state index contributed by atoms with van der Waals surface area (Å²) in [7, 11) is 0.